The van der Waals surface area contributed by atoms with Crippen LogP contribution in [0.5, 0.6) is 0 Å². The van der Waals surface area contributed by atoms with E-state index in [1.54, 1.807) is 12.2 Å². The third-order valence-electron chi connectivity index (χ3n) is 13.9. The Labute approximate surface area is 479 Å². The topological polar surface area (TPSA) is 166 Å². The molecule has 9 atom stereocenters. The Bertz CT molecular complexity index is 2040. The first-order valence-electron chi connectivity index (χ1n) is 30.5. The Kier molecular flexibility index (Phi) is 42.7. The fraction of sp³-hybridized carbons (Fsp3) is 0.618. The van der Waals surface area contributed by atoms with Crippen molar-refractivity contribution in [1.29, 1.82) is 0 Å². The fourth-order valence-corrected chi connectivity index (χ4v) is 9.41. The maximum absolute atomic E-state index is 13.3. The number of unbranched alkanes of at least 4 members (excludes halogenated alkanes) is 5. The van der Waals surface area contributed by atoms with Gasteiger partial charge in [-0.2, -0.15) is 0 Å². The predicted molar refractivity (Wildman–Crippen MR) is 330 cm³/mol. The van der Waals surface area contributed by atoms with Gasteiger partial charge in [-0.3, -0.25) is 19.4 Å². The van der Waals surface area contributed by atoms with Gasteiger partial charge < -0.3 is 36.2 Å². The molecule has 2 fully saturated rings. The molecular formula is C68H106N4O7. The number of hydrogen-bond donors (Lipinski definition) is 7. The van der Waals surface area contributed by atoms with Gasteiger partial charge in [-0.1, -0.05) is 161 Å². The highest BCUT2D eigenvalue weighted by atomic mass is 16.3. The van der Waals surface area contributed by atoms with Crippen LogP contribution in [0.4, 0.5) is 0 Å². The number of amides is 2. The number of carbonyl (C=O) groups excluding carboxylic acids is 2. The average Bonchev–Trinajstić information content (AvgIpc) is 4.28. The third kappa shape index (κ3) is 38.5. The number of aliphatic hydroxyl groups excluding tert-OH is 5. The van der Waals surface area contributed by atoms with Crippen molar-refractivity contribution >= 4 is 11.8 Å². The number of rotatable bonds is 44. The van der Waals surface area contributed by atoms with E-state index in [9.17, 15) is 35.1 Å². The molecule has 1 heterocycles. The summed E-state index contributed by atoms with van der Waals surface area (Å²) in [5, 5.41) is 60.8. The highest BCUT2D eigenvalue weighted by Crippen LogP contribution is 2.45. The normalized spacial score (nSPS) is 20.1. The Morgan fingerprint density at radius 3 is 1.41 bits per heavy atom. The van der Waals surface area contributed by atoms with E-state index in [2.05, 4.69) is 152 Å². The summed E-state index contributed by atoms with van der Waals surface area (Å²) in [6.07, 6.45) is 56.9. The van der Waals surface area contributed by atoms with Crippen molar-refractivity contribution in [2.45, 2.75) is 218 Å². The molecule has 0 spiro atoms. The van der Waals surface area contributed by atoms with Crippen LogP contribution in [0.25, 0.3) is 0 Å². The minimum atomic E-state index is -0.936. The predicted octanol–water partition coefficient (Wildman–Crippen LogP) is 11.2. The molecule has 2 aliphatic rings. The van der Waals surface area contributed by atoms with Gasteiger partial charge in [-0.25, -0.2) is 0 Å². The number of hydrogen-bond acceptors (Lipinski definition) is 9. The van der Waals surface area contributed by atoms with E-state index in [0.29, 0.717) is 77.5 Å². The van der Waals surface area contributed by atoms with E-state index < -0.39 is 42.6 Å². The van der Waals surface area contributed by atoms with Crippen molar-refractivity contribution in [3.63, 3.8) is 0 Å². The molecule has 0 aromatic heterocycles. The van der Waals surface area contributed by atoms with E-state index in [-0.39, 0.29) is 36.7 Å². The molecule has 11 nitrogen and oxygen atoms in total. The molecule has 440 valence electrons. The first-order chi connectivity index (χ1) is 38.5. The number of carbonyl (C=O) groups is 2. The van der Waals surface area contributed by atoms with Gasteiger partial charge in [-0.15, -0.1) is 0 Å². The first-order valence-corrected chi connectivity index (χ1v) is 30.5. The van der Waals surface area contributed by atoms with Gasteiger partial charge in [-0.05, 0) is 185 Å². The van der Waals surface area contributed by atoms with Crippen LogP contribution in [-0.2, 0) is 9.59 Å². The molecule has 8 unspecified atom stereocenters. The van der Waals surface area contributed by atoms with Gasteiger partial charge in [0.05, 0.1) is 18.3 Å². The maximum Gasteiger partial charge on any atom is 0.243 e. The lowest BCUT2D eigenvalue weighted by Crippen LogP contribution is -2.61. The summed E-state index contributed by atoms with van der Waals surface area (Å²) in [5.74, 6) is 11.7. The van der Waals surface area contributed by atoms with Crippen LogP contribution >= 0.6 is 0 Å². The van der Waals surface area contributed by atoms with Crippen LogP contribution < -0.4 is 10.6 Å². The molecule has 1 saturated carbocycles. The summed E-state index contributed by atoms with van der Waals surface area (Å²) in [5.41, 5.74) is 0. The average molecular weight is 1090 g/mol. The lowest BCUT2D eigenvalue weighted by molar-refractivity contribution is -0.137. The largest absolute Gasteiger partial charge is 0.393 e. The molecule has 0 radical (unpaired) electrons. The van der Waals surface area contributed by atoms with Crippen molar-refractivity contribution in [3.05, 3.63) is 122 Å². The Balaban J connectivity index is 1.94. The molecule has 1 aliphatic carbocycles. The second kappa shape index (κ2) is 47.9. The van der Waals surface area contributed by atoms with Gasteiger partial charge in [0.1, 0.15) is 24.3 Å². The molecule has 7 N–H and O–H groups in total. The number of piperazine rings is 1. The number of nitrogens with zero attached hydrogens (tertiary/aromatic N) is 2. The zero-order valence-corrected chi connectivity index (χ0v) is 49.2. The maximum atomic E-state index is 13.3. The van der Waals surface area contributed by atoms with Gasteiger partial charge in [0.15, 0.2) is 0 Å². The number of allylic oxidation sites excluding steroid dienone is 18. The second-order valence-electron chi connectivity index (χ2n) is 21.2. The highest BCUT2D eigenvalue weighted by molar-refractivity contribution is 5.96. The van der Waals surface area contributed by atoms with Crippen molar-refractivity contribution in [1.82, 2.24) is 20.4 Å². The Morgan fingerprint density at radius 2 is 0.899 bits per heavy atom. The zero-order valence-electron chi connectivity index (χ0n) is 49.2. The second-order valence-corrected chi connectivity index (χ2v) is 21.2. The summed E-state index contributed by atoms with van der Waals surface area (Å²) < 4.78 is 0. The third-order valence-corrected chi connectivity index (χ3v) is 13.9. The standard InChI is InChI=1S/C68H106N4O7/c1-5-9-13-17-21-24-27-30-34-37-45-60(74)54-71(55-61(75)46-38-35-31-28-25-22-18-14-10-6-2)50-42-40-48-64-67(78)70-65(68(79)69-64)49-41-43-51-72(56-62(76)47-39-33-29-26-23-19-15-11-7-3)57-66(77)63-53-58(63)52-59(73)44-36-32-20-16-12-8-4/h9-16,21,23-24,26,30-36,39,58-66,73-77H,5-8,17-20,22,25,27-29,40-44,47-57H2,1-4H3,(H,69,79)(H,70,78)/b13-9-,14-10-,15-11-,16-12-,24-21-,26-23-,34-30-,35-31-,36-32-,39-33-/t58?,59-,60?,61?,62?,63?,64?,65?,66?/m0/s1. The van der Waals surface area contributed by atoms with E-state index in [0.717, 1.165) is 96.3 Å². The molecule has 2 amide bonds. The minimum Gasteiger partial charge on any atom is -0.393 e. The van der Waals surface area contributed by atoms with Crippen molar-refractivity contribution in [2.24, 2.45) is 11.8 Å². The van der Waals surface area contributed by atoms with Crippen LogP contribution in [0.2, 0.25) is 0 Å². The smallest absolute Gasteiger partial charge is 0.243 e. The Hall–Kier alpha value is -4.82. The molecule has 0 aromatic rings. The van der Waals surface area contributed by atoms with E-state index in [4.69, 9.17) is 0 Å². The summed E-state index contributed by atoms with van der Waals surface area (Å²) in [4.78, 5) is 30.8. The summed E-state index contributed by atoms with van der Waals surface area (Å²) in [7, 11) is 0. The molecular weight excluding hydrogens is 985 g/mol. The molecule has 0 aromatic carbocycles. The van der Waals surface area contributed by atoms with E-state index in [1.165, 1.54) is 0 Å². The molecule has 11 heteroatoms. The van der Waals surface area contributed by atoms with Crippen LogP contribution in [0.15, 0.2) is 122 Å². The van der Waals surface area contributed by atoms with Crippen molar-refractivity contribution < 1.29 is 35.1 Å². The van der Waals surface area contributed by atoms with Crippen molar-refractivity contribution in [3.8, 4) is 23.7 Å². The minimum absolute atomic E-state index is 0.114. The van der Waals surface area contributed by atoms with Crippen LogP contribution in [0.3, 0.4) is 0 Å². The molecule has 79 heavy (non-hydrogen) atoms. The van der Waals surface area contributed by atoms with Crippen LogP contribution in [-0.4, -0.2) is 129 Å². The van der Waals surface area contributed by atoms with Crippen LogP contribution in [0.1, 0.15) is 175 Å². The zero-order chi connectivity index (χ0) is 57.4. The quantitative estimate of drug-likeness (QED) is 0.0179. The monoisotopic (exact) mass is 1090 g/mol. The lowest BCUT2D eigenvalue weighted by Gasteiger charge is -2.30. The molecule has 1 aliphatic heterocycles. The first kappa shape index (κ1) is 70.3. The molecule has 0 bridgehead atoms. The molecule has 1 saturated heterocycles. The van der Waals surface area contributed by atoms with E-state index >= 15 is 0 Å². The number of aliphatic hydroxyl groups is 5. The SMILES string of the molecule is CC/C=C\C/C=C\C/C=C\C#CC(O)CN(CCCCC1NC(=O)C(CCCCN(CC(O)C/C=C\C/C=C\C/C=C\CC)CC(O)C2CC2C[C@@H](O)C/C=C\C/C=C\CC)NC1=O)CC(O)C#C/C=C\CCCC/C=C\CC. The van der Waals surface area contributed by atoms with Crippen LogP contribution in [0, 0.1) is 35.5 Å². The van der Waals surface area contributed by atoms with Gasteiger partial charge in [0.2, 0.25) is 11.8 Å². The Morgan fingerprint density at radius 1 is 0.481 bits per heavy atom. The van der Waals surface area contributed by atoms with Gasteiger partial charge in [0, 0.05) is 26.2 Å². The lowest BCUT2D eigenvalue weighted by atomic mass is 10.0. The van der Waals surface area contributed by atoms with E-state index in [1.807, 2.05) is 29.2 Å². The summed E-state index contributed by atoms with van der Waals surface area (Å²) in [6, 6.07) is -1.29. The van der Waals surface area contributed by atoms with Gasteiger partial charge >= 0.3 is 0 Å². The number of nitrogens with one attached hydrogen (secondary N) is 2. The summed E-state index contributed by atoms with van der Waals surface area (Å²) in [6.45, 7) is 10.9. The van der Waals surface area contributed by atoms with Gasteiger partial charge in [0.25, 0.3) is 0 Å². The highest BCUT2D eigenvalue weighted by Gasteiger charge is 2.43. The summed E-state index contributed by atoms with van der Waals surface area (Å²) >= 11 is 0. The molecule has 2 rings (SSSR count). The van der Waals surface area contributed by atoms with Crippen molar-refractivity contribution in [2.75, 3.05) is 39.3 Å². The fourth-order valence-electron chi connectivity index (χ4n) is 9.41.